The molecule has 4 nitrogen and oxygen atoms in total. The van der Waals surface area contributed by atoms with E-state index in [1.165, 1.54) is 12.4 Å². The maximum Gasteiger partial charge on any atom is 0.247 e. The number of sulfone groups is 1. The van der Waals surface area contributed by atoms with Crippen molar-refractivity contribution in [2.24, 2.45) is 5.92 Å². The molecular formula is C12H16N2O2S. The fourth-order valence-electron chi connectivity index (χ4n) is 2.46. The fourth-order valence-corrected chi connectivity index (χ4v) is 4.38. The molecule has 1 saturated carbocycles. The largest absolute Gasteiger partial charge is 0.247 e. The van der Waals surface area contributed by atoms with E-state index >= 15 is 0 Å². The normalized spacial score (nSPS) is 24.7. The van der Waals surface area contributed by atoms with Gasteiger partial charge < -0.3 is 0 Å². The first kappa shape index (κ1) is 12.2. The summed E-state index contributed by atoms with van der Waals surface area (Å²) in [4.78, 5) is 7.73. The molecule has 1 aliphatic carbocycles. The molecule has 0 amide bonds. The number of aromatic nitrogens is 2. The number of allylic oxidation sites excluding steroid dienone is 1. The lowest BCUT2D eigenvalue weighted by atomic mass is 10.0. The van der Waals surface area contributed by atoms with Crippen molar-refractivity contribution < 1.29 is 8.42 Å². The van der Waals surface area contributed by atoms with Crippen molar-refractivity contribution in [1.29, 1.82) is 0 Å². The van der Waals surface area contributed by atoms with E-state index in [-0.39, 0.29) is 16.3 Å². The van der Waals surface area contributed by atoms with Crippen LogP contribution in [0.4, 0.5) is 0 Å². The minimum absolute atomic E-state index is 0.0408. The second kappa shape index (κ2) is 4.96. The molecule has 0 aliphatic heterocycles. The topological polar surface area (TPSA) is 59.9 Å². The van der Waals surface area contributed by atoms with Gasteiger partial charge in [-0.2, -0.15) is 0 Å². The molecule has 0 unspecified atom stereocenters. The van der Waals surface area contributed by atoms with Crippen LogP contribution in [0.15, 0.2) is 36.3 Å². The molecule has 0 saturated heterocycles. The summed E-state index contributed by atoms with van der Waals surface area (Å²) in [5.74, 6) is 0.168. The molecule has 92 valence electrons. The monoisotopic (exact) mass is 252 g/mol. The molecule has 0 aromatic carbocycles. The highest BCUT2D eigenvalue weighted by Gasteiger charge is 2.38. The standard InChI is InChI=1S/C12H16N2O2S/c1-2-5-10-6-3-7-11(10)17(15,16)12-13-8-4-9-14-12/h2,4,8-11H,1,3,5-7H2/t10-,11-/m0/s1. The first-order valence-corrected chi connectivity index (χ1v) is 7.32. The van der Waals surface area contributed by atoms with Crippen LogP contribution in [-0.2, 0) is 9.84 Å². The van der Waals surface area contributed by atoms with Gasteiger partial charge in [0.2, 0.25) is 15.0 Å². The number of rotatable bonds is 4. The fraction of sp³-hybridized carbons (Fsp3) is 0.500. The average Bonchev–Trinajstić information content (AvgIpc) is 2.80. The molecule has 17 heavy (non-hydrogen) atoms. The Hall–Kier alpha value is -1.23. The van der Waals surface area contributed by atoms with Crippen molar-refractivity contribution in [3.05, 3.63) is 31.1 Å². The van der Waals surface area contributed by atoms with Crippen molar-refractivity contribution in [2.45, 2.75) is 36.1 Å². The zero-order valence-corrected chi connectivity index (χ0v) is 10.4. The van der Waals surface area contributed by atoms with Gasteiger partial charge in [-0.05, 0) is 31.2 Å². The van der Waals surface area contributed by atoms with E-state index in [9.17, 15) is 8.42 Å². The Morgan fingerprint density at radius 1 is 1.35 bits per heavy atom. The first-order valence-electron chi connectivity index (χ1n) is 5.78. The van der Waals surface area contributed by atoms with E-state index in [4.69, 9.17) is 0 Å². The van der Waals surface area contributed by atoms with Crippen molar-refractivity contribution in [1.82, 2.24) is 9.97 Å². The van der Waals surface area contributed by atoms with Crippen molar-refractivity contribution in [3.63, 3.8) is 0 Å². The third-order valence-corrected chi connectivity index (χ3v) is 5.39. The Labute approximate surface area is 102 Å². The van der Waals surface area contributed by atoms with Gasteiger partial charge in [-0.3, -0.25) is 0 Å². The Balaban J connectivity index is 2.30. The van der Waals surface area contributed by atoms with Gasteiger partial charge in [-0.25, -0.2) is 18.4 Å². The van der Waals surface area contributed by atoms with Gasteiger partial charge in [0.05, 0.1) is 5.25 Å². The predicted octanol–water partition coefficient (Wildman–Crippen LogP) is 2.00. The third kappa shape index (κ3) is 2.39. The smallest absolute Gasteiger partial charge is 0.227 e. The molecular weight excluding hydrogens is 236 g/mol. The second-order valence-electron chi connectivity index (χ2n) is 4.33. The van der Waals surface area contributed by atoms with Gasteiger partial charge in [0.15, 0.2) is 0 Å². The average molecular weight is 252 g/mol. The zero-order valence-electron chi connectivity index (χ0n) is 9.62. The lowest BCUT2D eigenvalue weighted by Crippen LogP contribution is -2.26. The molecule has 1 aromatic heterocycles. The van der Waals surface area contributed by atoms with E-state index in [0.717, 1.165) is 19.3 Å². The summed E-state index contributed by atoms with van der Waals surface area (Å²) in [7, 11) is -3.38. The van der Waals surface area contributed by atoms with Crippen molar-refractivity contribution in [2.75, 3.05) is 0 Å². The Bertz CT molecular complexity index is 484. The van der Waals surface area contributed by atoms with Crippen LogP contribution in [0.1, 0.15) is 25.7 Å². The Morgan fingerprint density at radius 2 is 2.06 bits per heavy atom. The second-order valence-corrected chi connectivity index (χ2v) is 6.39. The molecule has 5 heteroatoms. The highest BCUT2D eigenvalue weighted by atomic mass is 32.2. The minimum Gasteiger partial charge on any atom is -0.227 e. The quantitative estimate of drug-likeness (QED) is 0.607. The third-order valence-electron chi connectivity index (χ3n) is 3.25. The maximum atomic E-state index is 12.4. The van der Waals surface area contributed by atoms with Crippen LogP contribution in [0, 0.1) is 5.92 Å². The Morgan fingerprint density at radius 3 is 2.71 bits per heavy atom. The van der Waals surface area contributed by atoms with Gasteiger partial charge in [-0.15, -0.1) is 6.58 Å². The molecule has 0 bridgehead atoms. The maximum absolute atomic E-state index is 12.4. The van der Waals surface area contributed by atoms with E-state index in [1.54, 1.807) is 12.1 Å². The minimum atomic E-state index is -3.38. The summed E-state index contributed by atoms with van der Waals surface area (Å²) < 4.78 is 24.7. The Kier molecular flexibility index (Phi) is 3.57. The van der Waals surface area contributed by atoms with Gasteiger partial charge in [0, 0.05) is 12.4 Å². The molecule has 0 spiro atoms. The van der Waals surface area contributed by atoms with Crippen LogP contribution in [0.3, 0.4) is 0 Å². The van der Waals surface area contributed by atoms with E-state index < -0.39 is 9.84 Å². The summed E-state index contributed by atoms with van der Waals surface area (Å²) in [5.41, 5.74) is 0. The summed E-state index contributed by atoms with van der Waals surface area (Å²) in [6, 6.07) is 1.62. The van der Waals surface area contributed by atoms with Gasteiger partial charge in [-0.1, -0.05) is 12.5 Å². The molecule has 1 fully saturated rings. The first-order chi connectivity index (χ1) is 8.16. The van der Waals surface area contributed by atoms with Crippen LogP contribution < -0.4 is 0 Å². The van der Waals surface area contributed by atoms with Crippen molar-refractivity contribution >= 4 is 9.84 Å². The predicted molar refractivity (Wildman–Crippen MR) is 65.2 cm³/mol. The highest BCUT2D eigenvalue weighted by molar-refractivity contribution is 7.91. The van der Waals surface area contributed by atoms with Gasteiger partial charge in [0.1, 0.15) is 0 Å². The summed E-state index contributed by atoms with van der Waals surface area (Å²) in [5, 5.41) is -0.385. The number of hydrogen-bond donors (Lipinski definition) is 0. The summed E-state index contributed by atoms with van der Waals surface area (Å²) >= 11 is 0. The molecule has 0 N–H and O–H groups in total. The zero-order chi connectivity index (χ0) is 12.3. The molecule has 2 rings (SSSR count). The lowest BCUT2D eigenvalue weighted by Gasteiger charge is -2.17. The van der Waals surface area contributed by atoms with Crippen molar-refractivity contribution in [3.8, 4) is 0 Å². The lowest BCUT2D eigenvalue weighted by molar-refractivity contribution is 0.515. The van der Waals surface area contributed by atoms with Crippen LogP contribution in [0.2, 0.25) is 0 Å². The van der Waals surface area contributed by atoms with E-state index in [0.29, 0.717) is 6.42 Å². The molecule has 2 atom stereocenters. The van der Waals surface area contributed by atoms with Gasteiger partial charge >= 0.3 is 0 Å². The van der Waals surface area contributed by atoms with Crippen LogP contribution in [0.5, 0.6) is 0 Å². The number of hydrogen-bond acceptors (Lipinski definition) is 4. The van der Waals surface area contributed by atoms with E-state index in [1.807, 2.05) is 0 Å². The van der Waals surface area contributed by atoms with Gasteiger partial charge in [0.25, 0.3) is 0 Å². The molecule has 1 aromatic rings. The SMILES string of the molecule is C=CC[C@H]1CCC[C@@H]1S(=O)(=O)c1ncccn1. The van der Waals surface area contributed by atoms with Crippen LogP contribution >= 0.6 is 0 Å². The molecule has 1 heterocycles. The molecule has 0 radical (unpaired) electrons. The molecule has 1 aliphatic rings. The summed E-state index contributed by atoms with van der Waals surface area (Å²) in [6.07, 6.45) is 8.09. The highest BCUT2D eigenvalue weighted by Crippen LogP contribution is 2.35. The van der Waals surface area contributed by atoms with E-state index in [2.05, 4.69) is 16.5 Å². The van der Waals surface area contributed by atoms with Crippen LogP contribution in [0.25, 0.3) is 0 Å². The van der Waals surface area contributed by atoms with Crippen LogP contribution in [-0.4, -0.2) is 23.6 Å². The number of nitrogens with zero attached hydrogens (tertiary/aromatic N) is 2. The summed E-state index contributed by atoms with van der Waals surface area (Å²) in [6.45, 7) is 3.69.